The zero-order valence-corrected chi connectivity index (χ0v) is 41.2. The van der Waals surface area contributed by atoms with Crippen LogP contribution in [0.4, 0.5) is 16.2 Å². The van der Waals surface area contributed by atoms with Gasteiger partial charge in [-0.15, -0.1) is 0 Å². The second-order valence-corrected chi connectivity index (χ2v) is 22.0. The predicted molar refractivity (Wildman–Crippen MR) is 264 cm³/mol. The molecule has 0 unspecified atom stereocenters. The lowest BCUT2D eigenvalue weighted by molar-refractivity contribution is 0.101. The average Bonchev–Trinajstić information content (AvgIpc) is 3.11. The van der Waals surface area contributed by atoms with Crippen molar-refractivity contribution in [1.82, 2.24) is 19.9 Å². The molecule has 60 heavy (non-hydrogen) atoms. The zero-order chi connectivity index (χ0) is 43.9. The maximum absolute atomic E-state index is 11.3. The number of carbonyl (C=O) groups is 3. The molecule has 2 aromatic heterocycles. The van der Waals surface area contributed by atoms with E-state index in [0.29, 0.717) is 27.8 Å². The first kappa shape index (κ1) is 57.1. The van der Waals surface area contributed by atoms with E-state index in [4.69, 9.17) is 22.1 Å². The Labute approximate surface area is 401 Å². The Hall–Kier alpha value is -2.92. The van der Waals surface area contributed by atoms with Crippen molar-refractivity contribution in [1.29, 1.82) is 0 Å². The average molecular weight is 1180 g/mol. The Kier molecular flexibility index (Phi) is 25.9. The van der Waals surface area contributed by atoms with Gasteiger partial charge in [-0.05, 0) is 153 Å². The number of ether oxygens (including phenoxy) is 1. The number of amides is 1. The van der Waals surface area contributed by atoms with Gasteiger partial charge in [0, 0.05) is 51.2 Å². The van der Waals surface area contributed by atoms with Crippen LogP contribution >= 0.6 is 114 Å². The number of nitrogens with one attached hydrogen (secondary N) is 2. The van der Waals surface area contributed by atoms with Crippen molar-refractivity contribution in [2.75, 3.05) is 17.7 Å². The van der Waals surface area contributed by atoms with Crippen molar-refractivity contribution in [3.63, 3.8) is 0 Å². The molecule has 12 nitrogen and oxygen atoms in total. The SMILES string of the molecule is C.C.CC(=O)c1cc(Br)ccc1N.CCOC(=O)Nc1ccc(Br)cc1C(C)=O.Cc1[nH]c(=O)nc2ccc(Br)cc12.Cc1nc(Cl)nc2ccc(Br)cc12.O=P(Cl)(Cl)Cl. The van der Waals surface area contributed by atoms with E-state index in [9.17, 15) is 23.7 Å². The smallest absolute Gasteiger partial charge is 0.411 e. The molecule has 0 bridgehead atoms. The van der Waals surface area contributed by atoms with Crippen LogP contribution in [0.5, 0.6) is 0 Å². The van der Waals surface area contributed by atoms with Gasteiger partial charge in [0.25, 0.3) is 0 Å². The van der Waals surface area contributed by atoms with Gasteiger partial charge < -0.3 is 15.5 Å². The van der Waals surface area contributed by atoms with Gasteiger partial charge in [0.1, 0.15) is 0 Å². The van der Waals surface area contributed by atoms with E-state index >= 15 is 0 Å². The van der Waals surface area contributed by atoms with Crippen LogP contribution < -0.4 is 16.7 Å². The Morgan fingerprint density at radius 2 is 1.20 bits per heavy atom. The molecule has 1 amide bonds. The topological polar surface area (TPSA) is 187 Å². The summed E-state index contributed by atoms with van der Waals surface area (Å²) in [6.07, 6.45) is -0.563. The summed E-state index contributed by atoms with van der Waals surface area (Å²) in [6.45, 7) is 8.72. The molecule has 0 radical (unpaired) electrons. The van der Waals surface area contributed by atoms with Gasteiger partial charge in [0.05, 0.1) is 29.0 Å². The molecule has 0 fully saturated rings. The highest BCUT2D eigenvalue weighted by atomic mass is 79.9. The molecule has 21 heteroatoms. The fourth-order valence-electron chi connectivity index (χ4n) is 4.52. The minimum absolute atomic E-state index is 0. The van der Waals surface area contributed by atoms with E-state index in [0.717, 1.165) is 51.1 Å². The normalized spacial score (nSPS) is 9.95. The van der Waals surface area contributed by atoms with Gasteiger partial charge >= 0.3 is 17.0 Å². The van der Waals surface area contributed by atoms with Crippen molar-refractivity contribution >= 4 is 165 Å². The molecule has 324 valence electrons. The summed E-state index contributed by atoms with van der Waals surface area (Å²) in [5, 5.41) is 1.59. The lowest BCUT2D eigenvalue weighted by Crippen LogP contribution is -2.15. The number of ketones is 2. The molecule has 0 aliphatic heterocycles. The number of Topliss-reactive ketones (excluding diaryl/α,β-unsaturated/α-hetero) is 2. The lowest BCUT2D eigenvalue weighted by atomic mass is 10.1. The number of H-pyrrole nitrogens is 1. The molecule has 4 aromatic carbocycles. The number of aryl methyl sites for hydroxylation is 2. The first-order chi connectivity index (χ1) is 27.0. The van der Waals surface area contributed by atoms with Crippen LogP contribution in [0.2, 0.25) is 5.28 Å². The lowest BCUT2D eigenvalue weighted by Gasteiger charge is -2.09. The van der Waals surface area contributed by atoms with Gasteiger partial charge in [0.2, 0.25) is 5.28 Å². The van der Waals surface area contributed by atoms with Crippen LogP contribution in [-0.2, 0) is 9.30 Å². The molecule has 0 spiro atoms. The minimum Gasteiger partial charge on any atom is -0.450 e. The number of halogens is 8. The van der Waals surface area contributed by atoms with Crippen molar-refractivity contribution in [3.05, 3.63) is 129 Å². The fraction of sp³-hybridized carbons (Fsp3) is 0.205. The minimum atomic E-state index is -3.22. The zero-order valence-electron chi connectivity index (χ0n) is 31.0. The third kappa shape index (κ3) is 20.8. The molecule has 6 aromatic rings. The van der Waals surface area contributed by atoms with Crippen LogP contribution in [0.1, 0.15) is 67.7 Å². The monoisotopic (exact) mass is 1180 g/mol. The number of hydrogen-bond donors (Lipinski definition) is 3. The van der Waals surface area contributed by atoms with Gasteiger partial charge in [0.15, 0.2) is 11.6 Å². The van der Waals surface area contributed by atoms with E-state index in [-0.39, 0.29) is 38.7 Å². The number of fused-ring (bicyclic) bond motifs is 2. The van der Waals surface area contributed by atoms with Gasteiger partial charge in [-0.1, -0.05) is 78.6 Å². The van der Waals surface area contributed by atoms with E-state index in [1.165, 1.54) is 13.8 Å². The van der Waals surface area contributed by atoms with E-state index in [2.05, 4.69) is 123 Å². The largest absolute Gasteiger partial charge is 0.450 e. The summed E-state index contributed by atoms with van der Waals surface area (Å²) in [7, 11) is 0. The van der Waals surface area contributed by atoms with E-state index in [1.807, 2.05) is 56.3 Å². The maximum Gasteiger partial charge on any atom is 0.411 e. The maximum atomic E-state index is 11.3. The van der Waals surface area contributed by atoms with Gasteiger partial charge in [-0.3, -0.25) is 19.5 Å². The number of benzene rings is 4. The van der Waals surface area contributed by atoms with Crippen molar-refractivity contribution in [2.24, 2.45) is 0 Å². The van der Waals surface area contributed by atoms with Crippen molar-refractivity contribution < 1.29 is 23.7 Å². The fourth-order valence-corrected chi connectivity index (χ4v) is 6.18. The Morgan fingerprint density at radius 3 is 1.70 bits per heavy atom. The number of nitrogens with two attached hydrogens (primary N) is 1. The summed E-state index contributed by atoms with van der Waals surface area (Å²) >= 11 is 32.9. The van der Waals surface area contributed by atoms with Crippen LogP contribution in [0.25, 0.3) is 21.8 Å². The highest BCUT2D eigenvalue weighted by Gasteiger charge is 2.11. The molecular formula is C39H41Br4Cl4N6O6P. The van der Waals surface area contributed by atoms with Crippen LogP contribution in [-0.4, -0.2) is 44.2 Å². The Bertz CT molecular complexity index is 2540. The second kappa shape index (κ2) is 27.2. The number of carbonyl (C=O) groups excluding carboxylic acids is 3. The van der Waals surface area contributed by atoms with Crippen LogP contribution in [0, 0.1) is 13.8 Å². The Morgan fingerprint density at radius 1 is 0.750 bits per heavy atom. The number of aromatic amines is 1. The predicted octanol–water partition coefficient (Wildman–Crippen LogP) is 14.9. The second-order valence-electron chi connectivity index (χ2n) is 11.3. The number of aromatic nitrogens is 4. The number of nitrogen functional groups attached to an aromatic ring is 1. The molecule has 6 rings (SSSR count). The number of hydrogen-bond acceptors (Lipinski definition) is 10. The molecule has 0 aliphatic carbocycles. The standard InChI is InChI=1S/C11H12BrNO3.C9H6BrClN2.C9H7BrN2O.C8H8BrNO.2CH4.Cl3OP/c1-3-16-11(15)13-10-5-4-8(12)6-9(10)7(2)14;1-5-7-4-6(10)2-3-8(7)13-9(11)12-5;1-5-7-4-6(10)2-3-8(7)12-9(13)11-5;1-5(11)7-4-6(9)2-3-8(7)10;;;1-5(2,3)4/h4-6H,3H2,1-2H3,(H,13,15);2-4H,1H3;2-4H,1H3,(H,11,12,13);2-4H,10H2,1H3;2*1H4;. The Balaban J connectivity index is 0.000000741. The molecule has 0 saturated heterocycles. The molecule has 4 N–H and O–H groups in total. The third-order valence-corrected chi connectivity index (χ3v) is 9.11. The summed E-state index contributed by atoms with van der Waals surface area (Å²) in [5.41, 5.74) is 10.6. The summed E-state index contributed by atoms with van der Waals surface area (Å²) < 4.78 is 17.9. The molecule has 0 aliphatic rings. The van der Waals surface area contributed by atoms with E-state index in [1.54, 1.807) is 37.3 Å². The van der Waals surface area contributed by atoms with E-state index < -0.39 is 11.3 Å². The number of anilines is 2. The molecule has 2 heterocycles. The third-order valence-electron chi connectivity index (χ3n) is 6.97. The summed E-state index contributed by atoms with van der Waals surface area (Å²) in [5.74, 6) is -0.128. The highest BCUT2D eigenvalue weighted by molar-refractivity contribution is 9.11. The summed E-state index contributed by atoms with van der Waals surface area (Å²) in [6, 6.07) is 21.8. The number of nitrogens with zero attached hydrogens (tertiary/aromatic N) is 3. The highest BCUT2D eigenvalue weighted by Crippen LogP contribution is 2.61. The first-order valence-electron chi connectivity index (χ1n) is 16.2. The summed E-state index contributed by atoms with van der Waals surface area (Å²) in [4.78, 5) is 59.2. The molecule has 0 saturated carbocycles. The van der Waals surface area contributed by atoms with Gasteiger partial charge in [-0.2, -0.15) is 4.98 Å². The van der Waals surface area contributed by atoms with Gasteiger partial charge in [-0.25, -0.2) is 19.6 Å². The van der Waals surface area contributed by atoms with Crippen LogP contribution in [0.15, 0.2) is 95.5 Å². The van der Waals surface area contributed by atoms with Crippen molar-refractivity contribution in [2.45, 2.75) is 49.5 Å². The first-order valence-corrected chi connectivity index (χ1v) is 24.2. The molecule has 0 atom stereocenters. The van der Waals surface area contributed by atoms with Crippen molar-refractivity contribution in [3.8, 4) is 0 Å². The quantitative estimate of drug-likeness (QED) is 0.0663. The number of rotatable bonds is 4. The molecular weight excluding hydrogens is 1140 g/mol. The van der Waals surface area contributed by atoms with Crippen LogP contribution in [0.3, 0.4) is 0 Å².